The first-order valence-electron chi connectivity index (χ1n) is 7.56. The van der Waals surface area contributed by atoms with Gasteiger partial charge in [-0.1, -0.05) is 40.6 Å². The molecule has 1 unspecified atom stereocenters. The zero-order chi connectivity index (χ0) is 18.1. The summed E-state index contributed by atoms with van der Waals surface area (Å²) >= 11 is 7.30. The van der Waals surface area contributed by atoms with Crippen LogP contribution in [-0.2, 0) is 4.79 Å². The molecule has 0 spiro atoms. The van der Waals surface area contributed by atoms with E-state index in [1.54, 1.807) is 37.3 Å². The summed E-state index contributed by atoms with van der Waals surface area (Å²) in [6.07, 6.45) is 0. The van der Waals surface area contributed by atoms with Crippen molar-refractivity contribution >= 4 is 45.0 Å². The van der Waals surface area contributed by atoms with Crippen LogP contribution in [0.3, 0.4) is 0 Å². The standard InChI is InChI=1S/C18H15ClN2O3S/c1-10-3-5-12(6-4-10)16(22)20-18-21(11(2)17(23)24)14-9-13(19)7-8-15(14)25-18/h3-9,11H,1-2H3,(H,23,24)/b20-18-. The van der Waals surface area contributed by atoms with Gasteiger partial charge in [-0.3, -0.25) is 4.79 Å². The van der Waals surface area contributed by atoms with Gasteiger partial charge in [0.15, 0.2) is 4.80 Å². The van der Waals surface area contributed by atoms with E-state index in [1.165, 1.54) is 15.9 Å². The van der Waals surface area contributed by atoms with E-state index < -0.39 is 17.9 Å². The third kappa shape index (κ3) is 3.50. The molecule has 3 aromatic rings. The van der Waals surface area contributed by atoms with Crippen LogP contribution in [0.4, 0.5) is 0 Å². The van der Waals surface area contributed by atoms with Gasteiger partial charge >= 0.3 is 5.97 Å². The van der Waals surface area contributed by atoms with Gasteiger partial charge in [-0.2, -0.15) is 4.99 Å². The largest absolute Gasteiger partial charge is 0.480 e. The lowest BCUT2D eigenvalue weighted by molar-refractivity contribution is -0.140. The van der Waals surface area contributed by atoms with Crippen molar-refractivity contribution < 1.29 is 14.7 Å². The molecule has 7 heteroatoms. The number of halogens is 1. The predicted molar refractivity (Wildman–Crippen MR) is 98.2 cm³/mol. The number of rotatable bonds is 3. The van der Waals surface area contributed by atoms with Gasteiger partial charge in [-0.05, 0) is 44.2 Å². The molecule has 0 radical (unpaired) electrons. The number of carboxylic acids is 1. The summed E-state index contributed by atoms with van der Waals surface area (Å²) in [5.41, 5.74) is 2.14. The van der Waals surface area contributed by atoms with Gasteiger partial charge in [-0.25, -0.2) is 4.79 Å². The summed E-state index contributed by atoms with van der Waals surface area (Å²) in [5, 5.41) is 9.91. The van der Waals surface area contributed by atoms with Crippen molar-refractivity contribution in [2.45, 2.75) is 19.9 Å². The predicted octanol–water partition coefficient (Wildman–Crippen LogP) is 4.05. The van der Waals surface area contributed by atoms with Crippen LogP contribution in [0, 0.1) is 6.92 Å². The number of aliphatic carboxylic acids is 1. The van der Waals surface area contributed by atoms with E-state index >= 15 is 0 Å². The smallest absolute Gasteiger partial charge is 0.326 e. The van der Waals surface area contributed by atoms with Gasteiger partial charge in [0.2, 0.25) is 0 Å². The van der Waals surface area contributed by atoms with Crippen LogP contribution in [0.2, 0.25) is 5.02 Å². The maximum atomic E-state index is 12.5. The minimum Gasteiger partial charge on any atom is -0.480 e. The number of benzene rings is 2. The summed E-state index contributed by atoms with van der Waals surface area (Å²) in [6, 6.07) is 11.4. The Morgan fingerprint density at radius 1 is 1.20 bits per heavy atom. The molecule has 1 atom stereocenters. The number of fused-ring (bicyclic) bond motifs is 1. The van der Waals surface area contributed by atoms with Crippen LogP contribution < -0.4 is 4.80 Å². The van der Waals surface area contributed by atoms with E-state index in [1.807, 2.05) is 19.1 Å². The fourth-order valence-corrected chi connectivity index (χ4v) is 3.67. The summed E-state index contributed by atoms with van der Waals surface area (Å²) in [7, 11) is 0. The van der Waals surface area contributed by atoms with Crippen LogP contribution >= 0.6 is 22.9 Å². The molecule has 5 nitrogen and oxygen atoms in total. The second kappa shape index (κ2) is 6.82. The second-order valence-electron chi connectivity index (χ2n) is 5.66. The van der Waals surface area contributed by atoms with E-state index in [2.05, 4.69) is 4.99 Å². The minimum atomic E-state index is -1.01. The maximum Gasteiger partial charge on any atom is 0.326 e. The number of carbonyl (C=O) groups excluding carboxylic acids is 1. The van der Waals surface area contributed by atoms with Gasteiger partial charge in [0.25, 0.3) is 5.91 Å². The Balaban J connectivity index is 2.20. The molecule has 2 aromatic carbocycles. The highest BCUT2D eigenvalue weighted by Gasteiger charge is 2.19. The highest BCUT2D eigenvalue weighted by Crippen LogP contribution is 2.24. The first kappa shape index (κ1) is 17.4. The van der Waals surface area contributed by atoms with Crippen LogP contribution in [0.5, 0.6) is 0 Å². The molecule has 0 aliphatic carbocycles. The van der Waals surface area contributed by atoms with E-state index in [0.29, 0.717) is 20.9 Å². The average Bonchev–Trinajstić information content (AvgIpc) is 2.91. The molecule has 128 valence electrons. The normalized spacial score (nSPS) is 13.2. The summed E-state index contributed by atoms with van der Waals surface area (Å²) < 4.78 is 2.34. The molecule has 0 fully saturated rings. The van der Waals surface area contributed by atoms with E-state index in [4.69, 9.17) is 11.6 Å². The zero-order valence-electron chi connectivity index (χ0n) is 13.6. The van der Waals surface area contributed by atoms with E-state index in [9.17, 15) is 14.7 Å². The molecule has 1 aromatic heterocycles. The number of carbonyl (C=O) groups is 2. The van der Waals surface area contributed by atoms with Gasteiger partial charge < -0.3 is 9.67 Å². The van der Waals surface area contributed by atoms with Crippen molar-refractivity contribution in [3.63, 3.8) is 0 Å². The topological polar surface area (TPSA) is 71.7 Å². The molecule has 1 N–H and O–H groups in total. The molecule has 0 aliphatic heterocycles. The Labute approximate surface area is 152 Å². The second-order valence-corrected chi connectivity index (χ2v) is 7.11. The molecule has 1 heterocycles. The van der Waals surface area contributed by atoms with Crippen LogP contribution in [0.25, 0.3) is 10.2 Å². The van der Waals surface area contributed by atoms with Gasteiger partial charge in [0, 0.05) is 10.6 Å². The first-order chi connectivity index (χ1) is 11.9. The van der Waals surface area contributed by atoms with Crippen molar-refractivity contribution in [3.05, 3.63) is 63.4 Å². The summed E-state index contributed by atoms with van der Waals surface area (Å²) in [6.45, 7) is 3.48. The number of aromatic nitrogens is 1. The molecule has 0 aliphatic rings. The number of thiazole rings is 1. The number of carboxylic acid groups (broad SMARTS) is 1. The lowest BCUT2D eigenvalue weighted by Crippen LogP contribution is -2.25. The monoisotopic (exact) mass is 374 g/mol. The SMILES string of the molecule is Cc1ccc(C(=O)/N=c2\sc3ccc(Cl)cc3n2C(C)C(=O)O)cc1. The number of nitrogens with zero attached hydrogens (tertiary/aromatic N) is 2. The third-order valence-electron chi connectivity index (χ3n) is 3.83. The van der Waals surface area contributed by atoms with Crippen molar-refractivity contribution in [1.82, 2.24) is 4.57 Å². The molecule has 0 saturated heterocycles. The van der Waals surface area contributed by atoms with Gasteiger partial charge in [-0.15, -0.1) is 0 Å². The Morgan fingerprint density at radius 2 is 1.88 bits per heavy atom. The summed E-state index contributed by atoms with van der Waals surface area (Å²) in [5.74, 6) is -1.42. The van der Waals surface area contributed by atoms with E-state index in [-0.39, 0.29) is 0 Å². The number of aryl methyl sites for hydroxylation is 1. The highest BCUT2D eigenvalue weighted by molar-refractivity contribution is 7.16. The van der Waals surface area contributed by atoms with Gasteiger partial charge in [0.1, 0.15) is 6.04 Å². The molecule has 25 heavy (non-hydrogen) atoms. The lowest BCUT2D eigenvalue weighted by atomic mass is 10.1. The molecular weight excluding hydrogens is 360 g/mol. The molecule has 3 rings (SSSR count). The van der Waals surface area contributed by atoms with E-state index in [0.717, 1.165) is 10.3 Å². The van der Waals surface area contributed by atoms with Crippen LogP contribution in [-0.4, -0.2) is 21.6 Å². The average molecular weight is 375 g/mol. The zero-order valence-corrected chi connectivity index (χ0v) is 15.1. The Hall–Kier alpha value is -2.44. The Morgan fingerprint density at radius 3 is 2.52 bits per heavy atom. The van der Waals surface area contributed by atoms with Crippen molar-refractivity contribution in [2.24, 2.45) is 4.99 Å². The van der Waals surface area contributed by atoms with Gasteiger partial charge in [0.05, 0.1) is 10.2 Å². The minimum absolute atomic E-state index is 0.331. The fourth-order valence-electron chi connectivity index (χ4n) is 2.42. The number of amides is 1. The quantitative estimate of drug-likeness (QED) is 0.751. The van der Waals surface area contributed by atoms with Crippen molar-refractivity contribution in [2.75, 3.05) is 0 Å². The summed E-state index contributed by atoms with van der Waals surface area (Å²) in [4.78, 5) is 28.5. The lowest BCUT2D eigenvalue weighted by Gasteiger charge is -2.10. The number of hydrogen-bond donors (Lipinski definition) is 1. The third-order valence-corrected chi connectivity index (χ3v) is 5.10. The highest BCUT2D eigenvalue weighted by atomic mass is 35.5. The van der Waals surface area contributed by atoms with Crippen LogP contribution in [0.1, 0.15) is 28.9 Å². The Bertz CT molecular complexity index is 1030. The molecule has 0 saturated carbocycles. The first-order valence-corrected chi connectivity index (χ1v) is 8.75. The van der Waals surface area contributed by atoms with Crippen molar-refractivity contribution in [3.8, 4) is 0 Å². The van der Waals surface area contributed by atoms with Crippen LogP contribution in [0.15, 0.2) is 47.5 Å². The number of hydrogen-bond acceptors (Lipinski definition) is 3. The molecular formula is C18H15ClN2O3S. The molecule has 1 amide bonds. The fraction of sp³-hybridized carbons (Fsp3) is 0.167. The maximum absolute atomic E-state index is 12.5. The van der Waals surface area contributed by atoms with Crippen molar-refractivity contribution in [1.29, 1.82) is 0 Å². The Kier molecular flexibility index (Phi) is 4.74. The molecule has 0 bridgehead atoms.